The molecule has 8 atom stereocenters. The van der Waals surface area contributed by atoms with Crippen LogP contribution < -0.4 is 15.4 Å². The van der Waals surface area contributed by atoms with Gasteiger partial charge in [-0.1, -0.05) is 40.8 Å². The van der Waals surface area contributed by atoms with Crippen LogP contribution in [-0.4, -0.2) is 117 Å². The first-order valence-electron chi connectivity index (χ1n) is 22.2. The third-order valence-electron chi connectivity index (χ3n) is 13.6. The van der Waals surface area contributed by atoms with Crippen LogP contribution in [0.4, 0.5) is 9.59 Å². The Labute approximate surface area is 390 Å². The van der Waals surface area contributed by atoms with E-state index in [1.54, 1.807) is 18.7 Å². The van der Waals surface area contributed by atoms with Gasteiger partial charge in [0.25, 0.3) is 0 Å². The SMILES string of the molecule is COC(=O)N[C@H](C(=O)N1[C@@H](C)CC[C@H]1c1nc2ccc3cc4c(cc3c2[nH]1)OCc1cc(-c2[nH]c([C@@H]3CC[C@H](I)N3C(=O)[C@@H](NC(=O)OC)[C@@H](C)OC)nc2C2CC2)ccc1-4)[C@@H](C)OC. The van der Waals surface area contributed by atoms with Crippen molar-refractivity contribution in [1.29, 1.82) is 0 Å². The zero-order valence-electron chi connectivity index (χ0n) is 37.5. The van der Waals surface area contributed by atoms with Crippen LogP contribution in [0.5, 0.6) is 5.75 Å². The molecule has 2 aromatic heterocycles. The van der Waals surface area contributed by atoms with E-state index >= 15 is 0 Å². The molecule has 9 rings (SSSR count). The van der Waals surface area contributed by atoms with Crippen molar-refractivity contribution in [2.75, 3.05) is 28.4 Å². The Bertz CT molecular complexity index is 2660. The van der Waals surface area contributed by atoms with E-state index in [2.05, 4.69) is 79.6 Å². The Balaban J connectivity index is 1.00. The second-order valence-corrected chi connectivity index (χ2v) is 19.0. The van der Waals surface area contributed by atoms with Crippen molar-refractivity contribution in [2.24, 2.45) is 0 Å². The van der Waals surface area contributed by atoms with E-state index in [1.807, 2.05) is 17.9 Å². The van der Waals surface area contributed by atoms with Gasteiger partial charge in [0.05, 0.1) is 65.0 Å². The van der Waals surface area contributed by atoms with Crippen LogP contribution in [0.3, 0.4) is 0 Å². The number of nitrogens with one attached hydrogen (secondary N) is 4. The number of hydrogen-bond acceptors (Lipinski definition) is 11. The van der Waals surface area contributed by atoms with Crippen molar-refractivity contribution in [3.05, 3.63) is 65.4 Å². The Morgan fingerprint density at radius 1 is 0.769 bits per heavy atom. The molecule has 0 bridgehead atoms. The van der Waals surface area contributed by atoms with Gasteiger partial charge in [-0.25, -0.2) is 19.6 Å². The summed E-state index contributed by atoms with van der Waals surface area (Å²) in [4.78, 5) is 73.9. The first kappa shape index (κ1) is 44.7. The molecule has 3 aliphatic heterocycles. The van der Waals surface area contributed by atoms with E-state index in [0.29, 0.717) is 24.8 Å². The van der Waals surface area contributed by atoms with Crippen LogP contribution in [0, 0.1) is 0 Å². The van der Waals surface area contributed by atoms with Crippen molar-refractivity contribution >= 4 is 68.4 Å². The first-order valence-corrected chi connectivity index (χ1v) is 23.4. The molecule has 4 amide bonds. The third kappa shape index (κ3) is 8.25. The van der Waals surface area contributed by atoms with E-state index in [1.165, 1.54) is 28.4 Å². The molecule has 1 saturated carbocycles. The molecule has 3 aromatic carbocycles. The number of nitrogens with zero attached hydrogens (tertiary/aromatic N) is 4. The fourth-order valence-corrected chi connectivity index (χ4v) is 10.8. The van der Waals surface area contributed by atoms with Crippen molar-refractivity contribution in [3.8, 4) is 28.1 Å². The highest BCUT2D eigenvalue weighted by Crippen LogP contribution is 2.48. The molecule has 4 aliphatic rings. The number of likely N-dealkylation sites (tertiary alicyclic amines) is 2. The van der Waals surface area contributed by atoms with Gasteiger partial charge in [-0.15, -0.1) is 0 Å². The van der Waals surface area contributed by atoms with Gasteiger partial charge in [-0.2, -0.15) is 0 Å². The highest BCUT2D eigenvalue weighted by molar-refractivity contribution is 14.1. The summed E-state index contributed by atoms with van der Waals surface area (Å²) in [6, 6.07) is 12.2. The largest absolute Gasteiger partial charge is 0.488 e. The molecular weight excluding hydrogens is 947 g/mol. The number of H-pyrrole nitrogens is 2. The molecule has 1 aliphatic carbocycles. The maximum Gasteiger partial charge on any atom is 0.407 e. The number of fused-ring (bicyclic) bond motifs is 6. The smallest absolute Gasteiger partial charge is 0.407 e. The minimum absolute atomic E-state index is 0.0848. The Morgan fingerprint density at radius 2 is 1.42 bits per heavy atom. The number of aromatic nitrogens is 4. The average Bonchev–Trinajstić information content (AvgIpc) is 3.58. The second-order valence-electron chi connectivity index (χ2n) is 17.5. The number of carbonyl (C=O) groups is 4. The average molecular weight is 1000 g/mol. The van der Waals surface area contributed by atoms with Crippen molar-refractivity contribution in [2.45, 2.75) is 118 Å². The summed E-state index contributed by atoms with van der Waals surface area (Å²) >= 11 is 2.30. The van der Waals surface area contributed by atoms with Gasteiger partial charge in [0.15, 0.2) is 0 Å². The number of methoxy groups -OCH3 is 4. The number of alkyl carbamates (subject to hydrolysis) is 2. The lowest BCUT2D eigenvalue weighted by molar-refractivity contribution is -0.139. The summed E-state index contributed by atoms with van der Waals surface area (Å²) in [6.07, 6.45) is 2.52. The molecule has 0 radical (unpaired) electrons. The fraction of sp³-hybridized carbons (Fsp3) is 0.489. The highest BCUT2D eigenvalue weighted by Gasteiger charge is 2.45. The van der Waals surface area contributed by atoms with Gasteiger partial charge in [0.1, 0.15) is 36.1 Å². The lowest BCUT2D eigenvalue weighted by Gasteiger charge is -2.33. The number of imidazole rings is 2. The number of benzene rings is 3. The Kier molecular flexibility index (Phi) is 12.4. The highest BCUT2D eigenvalue weighted by atomic mass is 127. The second kappa shape index (κ2) is 18.1. The van der Waals surface area contributed by atoms with Crippen LogP contribution in [-0.2, 0) is 35.1 Å². The zero-order valence-corrected chi connectivity index (χ0v) is 39.7. The van der Waals surface area contributed by atoms with Crippen LogP contribution in [0.2, 0.25) is 0 Å². The molecule has 65 heavy (non-hydrogen) atoms. The predicted molar refractivity (Wildman–Crippen MR) is 249 cm³/mol. The zero-order chi connectivity index (χ0) is 45.8. The Hall–Kier alpha value is -5.47. The number of carbonyl (C=O) groups excluding carboxylic acids is 4. The summed E-state index contributed by atoms with van der Waals surface area (Å²) in [7, 11) is 5.56. The number of hydrogen-bond donors (Lipinski definition) is 4. The molecule has 0 spiro atoms. The molecule has 5 heterocycles. The molecule has 0 unspecified atom stereocenters. The van der Waals surface area contributed by atoms with Crippen molar-refractivity contribution in [1.82, 2.24) is 40.4 Å². The van der Waals surface area contributed by atoms with E-state index in [0.717, 1.165) is 99.1 Å². The summed E-state index contributed by atoms with van der Waals surface area (Å²) in [6.45, 7) is 5.88. The predicted octanol–water partition coefficient (Wildman–Crippen LogP) is 7.54. The molecule has 2 saturated heterocycles. The quantitative estimate of drug-likeness (QED) is 0.0547. The van der Waals surface area contributed by atoms with E-state index in [4.69, 9.17) is 33.7 Å². The normalized spacial score (nSPS) is 22.2. The van der Waals surface area contributed by atoms with Gasteiger partial charge in [0, 0.05) is 42.7 Å². The summed E-state index contributed by atoms with van der Waals surface area (Å²) in [5.41, 5.74) is 7.72. The molecule has 18 heteroatoms. The molecular formula is C47H55IN8O9. The standard InChI is InChI=1S/C47H55IN8O9/c1-22-8-15-33(55(22)44(57)37(23(2)61-4)53-46(59)63-6)42-49-32-14-12-26-19-31-29-13-11-27(18-28(29)21-65-35(31)20-30(26)41(32)52-42)40-39(25-9-10-25)50-43(51-40)34-16-17-36(48)56(34)45(58)38(24(3)62-5)54-47(60)64-7/h11-14,18-20,22-25,33-34,36-38H,8-10,15-17,21H2,1-7H3,(H,49,52)(H,50,51)(H,53,59)(H,54,60)/t22-,23+,24+,33-,34-,36+,37-,38-/m0/s1. The van der Waals surface area contributed by atoms with Crippen LogP contribution in [0.25, 0.3) is 44.2 Å². The van der Waals surface area contributed by atoms with Crippen LogP contribution >= 0.6 is 22.6 Å². The monoisotopic (exact) mass is 1000 g/mol. The van der Waals surface area contributed by atoms with E-state index in [-0.39, 0.29) is 34.0 Å². The van der Waals surface area contributed by atoms with Crippen LogP contribution in [0.15, 0.2) is 42.5 Å². The lowest BCUT2D eigenvalue weighted by Crippen LogP contribution is -2.55. The lowest BCUT2D eigenvalue weighted by atomic mass is 9.92. The van der Waals surface area contributed by atoms with Gasteiger partial charge >= 0.3 is 12.2 Å². The van der Waals surface area contributed by atoms with Gasteiger partial charge in [-0.3, -0.25) is 9.59 Å². The Morgan fingerprint density at radius 3 is 2.08 bits per heavy atom. The maximum absolute atomic E-state index is 14.2. The van der Waals surface area contributed by atoms with Crippen molar-refractivity contribution < 1.29 is 42.9 Å². The minimum atomic E-state index is -0.938. The molecule has 5 aromatic rings. The number of alkyl halides is 1. The summed E-state index contributed by atoms with van der Waals surface area (Å²) < 4.78 is 27.1. The first-order chi connectivity index (χ1) is 31.3. The van der Waals surface area contributed by atoms with Gasteiger partial charge < -0.3 is 54.1 Å². The van der Waals surface area contributed by atoms with Gasteiger partial charge in [0.2, 0.25) is 11.8 Å². The molecule has 4 N–H and O–H groups in total. The number of ether oxygens (including phenoxy) is 5. The van der Waals surface area contributed by atoms with Crippen molar-refractivity contribution in [3.63, 3.8) is 0 Å². The summed E-state index contributed by atoms with van der Waals surface area (Å²) in [5.74, 6) is 2.00. The molecule has 3 fully saturated rings. The number of halogens is 1. The van der Waals surface area contributed by atoms with E-state index < -0.39 is 36.5 Å². The number of aromatic amines is 2. The molecule has 344 valence electrons. The van der Waals surface area contributed by atoms with Crippen LogP contribution in [0.1, 0.15) is 100 Å². The topological polar surface area (TPSA) is 202 Å². The maximum atomic E-state index is 14.2. The number of amides is 4. The summed E-state index contributed by atoms with van der Waals surface area (Å²) in [5, 5.41) is 7.33. The molecule has 17 nitrogen and oxygen atoms in total. The van der Waals surface area contributed by atoms with Gasteiger partial charge in [-0.05, 0) is 100 Å². The number of rotatable bonds is 12. The fourth-order valence-electron chi connectivity index (χ4n) is 9.74. The minimum Gasteiger partial charge on any atom is -0.488 e. The van der Waals surface area contributed by atoms with E-state index in [9.17, 15) is 19.2 Å². The third-order valence-corrected chi connectivity index (χ3v) is 14.9.